The highest BCUT2D eigenvalue weighted by molar-refractivity contribution is 9.10. The van der Waals surface area contributed by atoms with Crippen LogP contribution in [-0.2, 0) is 19.6 Å². The zero-order valence-corrected chi connectivity index (χ0v) is 20.8. The van der Waals surface area contributed by atoms with Crippen molar-refractivity contribution in [3.8, 4) is 11.5 Å². The minimum atomic E-state index is 0. The zero-order chi connectivity index (χ0) is 21.3. The molecular weight excluding hydrogens is 474 g/mol. The van der Waals surface area contributed by atoms with Gasteiger partial charge in [-0.15, -0.1) is 12.4 Å². The summed E-state index contributed by atoms with van der Waals surface area (Å²) < 4.78 is 12.6. The Morgan fingerprint density at radius 1 is 0.935 bits per heavy atom. The first-order valence-electron chi connectivity index (χ1n) is 10.4. The third kappa shape index (κ3) is 7.88. The normalized spacial score (nSPS) is 11.5. The van der Waals surface area contributed by atoms with Gasteiger partial charge >= 0.3 is 0 Å². The first-order valence-corrected chi connectivity index (χ1v) is 11.2. The molecule has 0 aromatic heterocycles. The third-order valence-electron chi connectivity index (χ3n) is 5.16. The number of aryl methyl sites for hydroxylation is 2. The average Bonchev–Trinajstić information content (AvgIpc) is 2.77. The summed E-state index contributed by atoms with van der Waals surface area (Å²) in [4.78, 5) is 0. The number of methoxy groups -OCH3 is 1. The molecule has 0 aliphatic carbocycles. The molecule has 31 heavy (non-hydrogen) atoms. The molecule has 3 rings (SSSR count). The lowest BCUT2D eigenvalue weighted by Gasteiger charge is -2.17. The van der Waals surface area contributed by atoms with Crippen LogP contribution in [0.15, 0.2) is 71.2 Å². The number of benzene rings is 3. The van der Waals surface area contributed by atoms with E-state index in [0.29, 0.717) is 12.6 Å². The number of halogens is 2. The summed E-state index contributed by atoms with van der Waals surface area (Å²) in [5.41, 5.74) is 4.92. The minimum absolute atomic E-state index is 0. The highest BCUT2D eigenvalue weighted by Crippen LogP contribution is 2.37. The maximum absolute atomic E-state index is 6.06. The maximum atomic E-state index is 6.06. The highest BCUT2D eigenvalue weighted by Gasteiger charge is 2.13. The lowest BCUT2D eigenvalue weighted by molar-refractivity contribution is 0.282. The Morgan fingerprint density at radius 3 is 2.32 bits per heavy atom. The van der Waals surface area contributed by atoms with Crippen LogP contribution in [0.4, 0.5) is 0 Å². The molecule has 3 aromatic rings. The van der Waals surface area contributed by atoms with Gasteiger partial charge in [-0.2, -0.15) is 0 Å². The molecule has 0 spiro atoms. The molecule has 0 aliphatic rings. The fourth-order valence-corrected chi connectivity index (χ4v) is 3.88. The van der Waals surface area contributed by atoms with Crippen molar-refractivity contribution in [1.29, 1.82) is 0 Å². The van der Waals surface area contributed by atoms with Crippen LogP contribution in [0.25, 0.3) is 0 Å². The Morgan fingerprint density at radius 2 is 1.65 bits per heavy atom. The molecule has 166 valence electrons. The van der Waals surface area contributed by atoms with E-state index in [-0.39, 0.29) is 12.4 Å². The predicted octanol–water partition coefficient (Wildman–Crippen LogP) is 6.88. The van der Waals surface area contributed by atoms with Gasteiger partial charge in [-0.3, -0.25) is 0 Å². The van der Waals surface area contributed by atoms with Crippen LogP contribution < -0.4 is 14.8 Å². The molecule has 0 heterocycles. The van der Waals surface area contributed by atoms with E-state index in [1.807, 2.05) is 6.07 Å². The quantitative estimate of drug-likeness (QED) is 0.326. The van der Waals surface area contributed by atoms with Gasteiger partial charge in [0.05, 0.1) is 11.6 Å². The van der Waals surface area contributed by atoms with Crippen molar-refractivity contribution in [2.24, 2.45) is 0 Å². The molecule has 1 unspecified atom stereocenters. The van der Waals surface area contributed by atoms with Gasteiger partial charge < -0.3 is 14.8 Å². The zero-order valence-electron chi connectivity index (χ0n) is 18.4. The fraction of sp³-hybridized carbons (Fsp3) is 0.308. The summed E-state index contributed by atoms with van der Waals surface area (Å²) in [6, 6.07) is 23.6. The molecular formula is C26H31BrClNO2. The van der Waals surface area contributed by atoms with E-state index in [1.54, 1.807) is 7.11 Å². The molecule has 3 aromatic carbocycles. The van der Waals surface area contributed by atoms with Gasteiger partial charge in [0.25, 0.3) is 0 Å². The topological polar surface area (TPSA) is 30.5 Å². The molecule has 3 nitrogen and oxygen atoms in total. The van der Waals surface area contributed by atoms with Crippen molar-refractivity contribution in [2.75, 3.05) is 7.11 Å². The summed E-state index contributed by atoms with van der Waals surface area (Å²) in [5, 5.41) is 3.61. The van der Waals surface area contributed by atoms with Gasteiger partial charge in [-0.25, -0.2) is 0 Å². The van der Waals surface area contributed by atoms with Gasteiger partial charge in [-0.1, -0.05) is 60.2 Å². The first-order chi connectivity index (χ1) is 14.5. The average molecular weight is 505 g/mol. The Kier molecular flexibility index (Phi) is 10.4. The minimum Gasteiger partial charge on any atom is -0.493 e. The number of hydrogen-bond donors (Lipinski definition) is 1. The van der Waals surface area contributed by atoms with Crippen LogP contribution in [0.5, 0.6) is 11.5 Å². The number of nitrogens with one attached hydrogen (secondary N) is 1. The Balaban J connectivity index is 0.00000341. The van der Waals surface area contributed by atoms with Crippen molar-refractivity contribution in [3.63, 3.8) is 0 Å². The van der Waals surface area contributed by atoms with Crippen molar-refractivity contribution >= 4 is 28.3 Å². The van der Waals surface area contributed by atoms with Crippen LogP contribution >= 0.6 is 28.3 Å². The second-order valence-electron chi connectivity index (χ2n) is 7.69. The van der Waals surface area contributed by atoms with Crippen LogP contribution in [0.3, 0.4) is 0 Å². The Hall–Kier alpha value is -2.01. The number of ether oxygens (including phenoxy) is 2. The van der Waals surface area contributed by atoms with Crippen LogP contribution in [0, 0.1) is 6.92 Å². The maximum Gasteiger partial charge on any atom is 0.175 e. The third-order valence-corrected chi connectivity index (χ3v) is 5.75. The molecule has 0 amide bonds. The lowest BCUT2D eigenvalue weighted by atomic mass is 10.1. The molecule has 5 heteroatoms. The lowest BCUT2D eigenvalue weighted by Crippen LogP contribution is -2.26. The standard InChI is InChI=1S/C26H30BrNO2.ClH/c1-19-9-12-22(13-10-19)18-30-26-24(27)15-23(16-25(26)29-3)17-28-20(2)11-14-21-7-5-4-6-8-21;/h4-10,12-13,15-16,20,28H,11,14,17-18H2,1-3H3;1H. The molecule has 0 bridgehead atoms. The second kappa shape index (κ2) is 12.7. The Bertz CT molecular complexity index is 932. The van der Waals surface area contributed by atoms with E-state index >= 15 is 0 Å². The summed E-state index contributed by atoms with van der Waals surface area (Å²) >= 11 is 3.66. The van der Waals surface area contributed by atoms with Gasteiger partial charge in [-0.05, 0) is 71.4 Å². The molecule has 0 fully saturated rings. The largest absolute Gasteiger partial charge is 0.493 e. The van der Waals surface area contributed by atoms with Gasteiger partial charge in [0.15, 0.2) is 11.5 Å². The number of rotatable bonds is 10. The predicted molar refractivity (Wildman–Crippen MR) is 135 cm³/mol. The first kappa shape index (κ1) is 25.3. The summed E-state index contributed by atoms with van der Waals surface area (Å²) in [5.74, 6) is 1.48. The van der Waals surface area contributed by atoms with Crippen molar-refractivity contribution in [3.05, 3.63) is 93.5 Å². The van der Waals surface area contributed by atoms with E-state index in [2.05, 4.69) is 95.8 Å². The molecule has 1 atom stereocenters. The monoisotopic (exact) mass is 503 g/mol. The Labute approximate surface area is 200 Å². The molecule has 0 aliphatic heterocycles. The van der Waals surface area contributed by atoms with Crippen LogP contribution in [0.2, 0.25) is 0 Å². The SMILES string of the molecule is COc1cc(CNC(C)CCc2ccccc2)cc(Br)c1OCc1ccc(C)cc1.Cl. The van der Waals surface area contributed by atoms with Crippen molar-refractivity contribution in [1.82, 2.24) is 5.32 Å². The van der Waals surface area contributed by atoms with Gasteiger partial charge in [0.1, 0.15) is 6.61 Å². The van der Waals surface area contributed by atoms with E-state index in [9.17, 15) is 0 Å². The molecule has 0 saturated heterocycles. The van der Waals surface area contributed by atoms with Crippen LogP contribution in [0.1, 0.15) is 35.6 Å². The smallest absolute Gasteiger partial charge is 0.175 e. The highest BCUT2D eigenvalue weighted by atomic mass is 79.9. The second-order valence-corrected chi connectivity index (χ2v) is 8.54. The molecule has 1 N–H and O–H groups in total. The van der Waals surface area contributed by atoms with Crippen molar-refractivity contribution in [2.45, 2.75) is 45.9 Å². The van der Waals surface area contributed by atoms with Gasteiger partial charge in [0, 0.05) is 12.6 Å². The molecule has 0 saturated carbocycles. The van der Waals surface area contributed by atoms with Crippen molar-refractivity contribution < 1.29 is 9.47 Å². The summed E-state index contributed by atoms with van der Waals surface area (Å²) in [7, 11) is 1.68. The van der Waals surface area contributed by atoms with E-state index in [1.165, 1.54) is 11.1 Å². The van der Waals surface area contributed by atoms with Gasteiger partial charge in [0.2, 0.25) is 0 Å². The van der Waals surface area contributed by atoms with E-state index in [0.717, 1.165) is 46.5 Å². The van der Waals surface area contributed by atoms with E-state index < -0.39 is 0 Å². The summed E-state index contributed by atoms with van der Waals surface area (Å²) in [6.07, 6.45) is 2.17. The molecule has 0 radical (unpaired) electrons. The van der Waals surface area contributed by atoms with Crippen LogP contribution in [-0.4, -0.2) is 13.2 Å². The van der Waals surface area contributed by atoms with E-state index in [4.69, 9.17) is 9.47 Å². The fourth-order valence-electron chi connectivity index (χ4n) is 3.28. The number of hydrogen-bond acceptors (Lipinski definition) is 3. The summed E-state index contributed by atoms with van der Waals surface area (Å²) in [6.45, 7) is 5.60.